The van der Waals surface area contributed by atoms with Gasteiger partial charge in [-0.15, -0.1) is 0 Å². The molecular formula is C15H21FN2. The van der Waals surface area contributed by atoms with Gasteiger partial charge in [-0.3, -0.25) is 0 Å². The van der Waals surface area contributed by atoms with Crippen LogP contribution in [-0.2, 0) is 6.42 Å². The number of rotatable bonds is 3. The highest BCUT2D eigenvalue weighted by molar-refractivity contribution is 5.74. The Morgan fingerprint density at radius 2 is 2.06 bits per heavy atom. The van der Waals surface area contributed by atoms with E-state index < -0.39 is 0 Å². The Morgan fingerprint density at radius 1 is 1.33 bits per heavy atom. The molecule has 0 bridgehead atoms. The molecule has 0 aliphatic rings. The Labute approximate surface area is 108 Å². The van der Waals surface area contributed by atoms with Gasteiger partial charge >= 0.3 is 0 Å². The smallest absolute Gasteiger partial charge is 0.125 e. The summed E-state index contributed by atoms with van der Waals surface area (Å²) in [6.45, 7) is 8.98. The fourth-order valence-electron chi connectivity index (χ4n) is 2.58. The van der Waals surface area contributed by atoms with Crippen LogP contribution in [0.3, 0.4) is 0 Å². The predicted octanol–water partition coefficient (Wildman–Crippen LogP) is 4.32. The Bertz CT molecular complexity index is 537. The van der Waals surface area contributed by atoms with Gasteiger partial charge in [0.25, 0.3) is 0 Å². The number of nitrogens with zero attached hydrogens (tertiary/aromatic N) is 1. The highest BCUT2D eigenvalue weighted by atomic mass is 19.1. The molecule has 98 valence electrons. The molecule has 0 radical (unpaired) electrons. The van der Waals surface area contributed by atoms with Crippen LogP contribution in [0, 0.1) is 17.2 Å². The van der Waals surface area contributed by atoms with Gasteiger partial charge in [-0.1, -0.05) is 27.7 Å². The second kappa shape index (κ2) is 4.71. The van der Waals surface area contributed by atoms with E-state index in [2.05, 4.69) is 37.7 Å². The SMILES string of the molecule is CC(Cc1nc2ccc(F)cc2[nH]1)CC(C)(C)C. The van der Waals surface area contributed by atoms with E-state index in [1.54, 1.807) is 6.07 Å². The standard InChI is InChI=1S/C15H21FN2/c1-10(9-15(2,3)4)7-14-17-12-6-5-11(16)8-13(12)18-14/h5-6,8,10H,7,9H2,1-4H3,(H,17,18). The van der Waals surface area contributed by atoms with E-state index in [1.807, 2.05) is 0 Å². The van der Waals surface area contributed by atoms with Crippen molar-refractivity contribution >= 4 is 11.0 Å². The highest BCUT2D eigenvalue weighted by Crippen LogP contribution is 2.26. The molecule has 1 N–H and O–H groups in total. The van der Waals surface area contributed by atoms with E-state index in [0.29, 0.717) is 11.3 Å². The van der Waals surface area contributed by atoms with Gasteiger partial charge in [0, 0.05) is 6.42 Å². The number of benzene rings is 1. The van der Waals surface area contributed by atoms with E-state index in [9.17, 15) is 4.39 Å². The molecule has 0 spiro atoms. The molecule has 0 amide bonds. The molecule has 0 aliphatic carbocycles. The summed E-state index contributed by atoms with van der Waals surface area (Å²) in [6.07, 6.45) is 2.06. The largest absolute Gasteiger partial charge is 0.342 e. The van der Waals surface area contributed by atoms with Crippen molar-refractivity contribution < 1.29 is 4.39 Å². The molecule has 0 aliphatic heterocycles. The number of fused-ring (bicyclic) bond motifs is 1. The summed E-state index contributed by atoms with van der Waals surface area (Å²) in [5.41, 5.74) is 1.96. The lowest BCUT2D eigenvalue weighted by molar-refractivity contribution is 0.304. The minimum absolute atomic E-state index is 0.222. The molecule has 3 heteroatoms. The summed E-state index contributed by atoms with van der Waals surface area (Å²) in [4.78, 5) is 7.70. The minimum atomic E-state index is -0.222. The Balaban J connectivity index is 2.12. The maximum Gasteiger partial charge on any atom is 0.125 e. The Kier molecular flexibility index (Phi) is 3.42. The zero-order chi connectivity index (χ0) is 13.3. The van der Waals surface area contributed by atoms with Gasteiger partial charge in [0.2, 0.25) is 0 Å². The number of hydrogen-bond donors (Lipinski definition) is 1. The number of H-pyrrole nitrogens is 1. The molecule has 2 aromatic rings. The number of nitrogens with one attached hydrogen (secondary N) is 1. The van der Waals surface area contributed by atoms with E-state index >= 15 is 0 Å². The van der Waals surface area contributed by atoms with Crippen molar-refractivity contribution in [2.24, 2.45) is 11.3 Å². The van der Waals surface area contributed by atoms with Crippen molar-refractivity contribution in [3.05, 3.63) is 29.8 Å². The van der Waals surface area contributed by atoms with Crippen LogP contribution in [0.2, 0.25) is 0 Å². The van der Waals surface area contributed by atoms with Gasteiger partial charge in [0.05, 0.1) is 11.0 Å². The second-order valence-corrected chi connectivity index (χ2v) is 6.42. The lowest BCUT2D eigenvalue weighted by Gasteiger charge is -2.22. The Morgan fingerprint density at radius 3 is 2.72 bits per heavy atom. The van der Waals surface area contributed by atoms with Crippen LogP contribution in [0.25, 0.3) is 11.0 Å². The van der Waals surface area contributed by atoms with Gasteiger partial charge in [-0.2, -0.15) is 0 Å². The second-order valence-electron chi connectivity index (χ2n) is 6.42. The number of aromatic amines is 1. The lowest BCUT2D eigenvalue weighted by Crippen LogP contribution is -2.13. The van der Waals surface area contributed by atoms with Crippen LogP contribution in [0.5, 0.6) is 0 Å². The molecule has 18 heavy (non-hydrogen) atoms. The van der Waals surface area contributed by atoms with Crippen LogP contribution in [0.4, 0.5) is 4.39 Å². The first-order valence-electron chi connectivity index (χ1n) is 6.48. The first kappa shape index (κ1) is 13.1. The van der Waals surface area contributed by atoms with E-state index in [1.165, 1.54) is 12.1 Å². The third-order valence-electron chi connectivity index (χ3n) is 3.00. The summed E-state index contributed by atoms with van der Waals surface area (Å²) in [6, 6.07) is 4.67. The van der Waals surface area contributed by atoms with Gasteiger partial charge in [0.1, 0.15) is 11.6 Å². The maximum absolute atomic E-state index is 13.1. The summed E-state index contributed by atoms with van der Waals surface area (Å²) in [5.74, 6) is 1.29. The summed E-state index contributed by atoms with van der Waals surface area (Å²) in [7, 11) is 0. The van der Waals surface area contributed by atoms with Crippen molar-refractivity contribution in [3.63, 3.8) is 0 Å². The van der Waals surface area contributed by atoms with Crippen LogP contribution in [-0.4, -0.2) is 9.97 Å². The number of imidazole rings is 1. The Hall–Kier alpha value is -1.38. The van der Waals surface area contributed by atoms with E-state index in [-0.39, 0.29) is 5.82 Å². The molecule has 1 aromatic carbocycles. The van der Waals surface area contributed by atoms with Crippen LogP contribution in [0.15, 0.2) is 18.2 Å². The van der Waals surface area contributed by atoms with Gasteiger partial charge in [-0.05, 0) is 36.0 Å². The van der Waals surface area contributed by atoms with Crippen molar-refractivity contribution in [1.82, 2.24) is 9.97 Å². The average molecular weight is 248 g/mol. The summed E-state index contributed by atoms with van der Waals surface area (Å²) < 4.78 is 13.1. The molecule has 1 unspecified atom stereocenters. The molecule has 0 saturated heterocycles. The molecule has 0 fully saturated rings. The molecule has 1 atom stereocenters. The average Bonchev–Trinajstić information content (AvgIpc) is 2.55. The van der Waals surface area contributed by atoms with Crippen LogP contribution >= 0.6 is 0 Å². The van der Waals surface area contributed by atoms with Gasteiger partial charge < -0.3 is 4.98 Å². The first-order valence-corrected chi connectivity index (χ1v) is 6.48. The van der Waals surface area contributed by atoms with Crippen molar-refractivity contribution in [1.29, 1.82) is 0 Å². The normalized spacial score (nSPS) is 14.1. The first-order chi connectivity index (χ1) is 8.33. The fraction of sp³-hybridized carbons (Fsp3) is 0.533. The third kappa shape index (κ3) is 3.31. The third-order valence-corrected chi connectivity index (χ3v) is 3.00. The molecule has 1 aromatic heterocycles. The topological polar surface area (TPSA) is 28.7 Å². The van der Waals surface area contributed by atoms with Crippen LogP contribution in [0.1, 0.15) is 39.9 Å². The maximum atomic E-state index is 13.1. The number of halogens is 1. The molecule has 2 nitrogen and oxygen atoms in total. The lowest BCUT2D eigenvalue weighted by atomic mass is 9.84. The highest BCUT2D eigenvalue weighted by Gasteiger charge is 2.16. The van der Waals surface area contributed by atoms with Gasteiger partial charge in [0.15, 0.2) is 0 Å². The number of aromatic nitrogens is 2. The van der Waals surface area contributed by atoms with Crippen LogP contribution < -0.4 is 0 Å². The monoisotopic (exact) mass is 248 g/mol. The van der Waals surface area contributed by atoms with Crippen molar-refractivity contribution in [3.8, 4) is 0 Å². The minimum Gasteiger partial charge on any atom is -0.342 e. The number of hydrogen-bond acceptors (Lipinski definition) is 1. The molecule has 0 saturated carbocycles. The molecular weight excluding hydrogens is 227 g/mol. The fourth-order valence-corrected chi connectivity index (χ4v) is 2.58. The van der Waals surface area contributed by atoms with E-state index in [4.69, 9.17) is 0 Å². The van der Waals surface area contributed by atoms with Crippen molar-refractivity contribution in [2.75, 3.05) is 0 Å². The van der Waals surface area contributed by atoms with Crippen molar-refractivity contribution in [2.45, 2.75) is 40.5 Å². The summed E-state index contributed by atoms with van der Waals surface area (Å²) >= 11 is 0. The van der Waals surface area contributed by atoms with Gasteiger partial charge in [-0.25, -0.2) is 9.37 Å². The predicted molar refractivity (Wildman–Crippen MR) is 73.0 cm³/mol. The summed E-state index contributed by atoms with van der Waals surface area (Å²) in [5, 5.41) is 0. The van der Waals surface area contributed by atoms with E-state index in [0.717, 1.165) is 29.7 Å². The molecule has 2 rings (SSSR count). The molecule has 1 heterocycles. The zero-order valence-corrected chi connectivity index (χ0v) is 11.5. The quantitative estimate of drug-likeness (QED) is 0.861. The zero-order valence-electron chi connectivity index (χ0n) is 11.5.